The molecule has 3 aromatic rings. The van der Waals surface area contributed by atoms with Crippen LogP contribution in [0.2, 0.25) is 0 Å². The molecule has 2 bridgehead atoms. The smallest absolute Gasteiger partial charge is 0.254 e. The zero-order chi connectivity index (χ0) is 20.1. The molecular formula is C25H30ClN3O. The standard InChI is InChI=1S/C25H29N3O.ClH/c1-16-8-10-17(11-9-16)24-23(21-6-4-5-7-22(21)28(24)3)25(29)26-18-14-19-12-13-20(15-18)27(19)2;/h4-11,18-20H,12-15H2,1-3H3,(H,26,29);1H/t18-,19+,20-;. The molecule has 3 atom stereocenters. The Bertz CT molecular complexity index is 1060. The van der Waals surface area contributed by atoms with Gasteiger partial charge in [-0.3, -0.25) is 4.79 Å². The molecule has 0 saturated carbocycles. The van der Waals surface area contributed by atoms with E-state index in [9.17, 15) is 4.79 Å². The van der Waals surface area contributed by atoms with E-state index < -0.39 is 0 Å². The van der Waals surface area contributed by atoms with E-state index in [1.165, 1.54) is 18.4 Å². The van der Waals surface area contributed by atoms with Crippen LogP contribution >= 0.6 is 12.4 Å². The van der Waals surface area contributed by atoms with Gasteiger partial charge in [0.25, 0.3) is 5.91 Å². The van der Waals surface area contributed by atoms with Gasteiger partial charge in [0.1, 0.15) is 0 Å². The van der Waals surface area contributed by atoms with Crippen molar-refractivity contribution in [3.8, 4) is 11.3 Å². The fraction of sp³-hybridized carbons (Fsp3) is 0.400. The molecule has 0 aliphatic carbocycles. The second-order valence-corrected chi connectivity index (χ2v) is 8.86. The van der Waals surface area contributed by atoms with Crippen LogP contribution in [0.5, 0.6) is 0 Å². The summed E-state index contributed by atoms with van der Waals surface area (Å²) in [5, 5.41) is 4.43. The van der Waals surface area contributed by atoms with E-state index in [-0.39, 0.29) is 24.4 Å². The number of aryl methyl sites for hydroxylation is 2. The molecular weight excluding hydrogens is 394 g/mol. The van der Waals surface area contributed by atoms with Crippen LogP contribution in [-0.4, -0.2) is 40.5 Å². The summed E-state index contributed by atoms with van der Waals surface area (Å²) in [5.41, 5.74) is 5.21. The molecule has 30 heavy (non-hydrogen) atoms. The number of aromatic nitrogens is 1. The Morgan fingerprint density at radius 1 is 0.967 bits per heavy atom. The van der Waals surface area contributed by atoms with Crippen molar-refractivity contribution in [1.29, 1.82) is 0 Å². The highest BCUT2D eigenvalue weighted by atomic mass is 35.5. The Hall–Kier alpha value is -2.30. The summed E-state index contributed by atoms with van der Waals surface area (Å²) in [6, 6.07) is 18.2. The van der Waals surface area contributed by atoms with Crippen molar-refractivity contribution in [1.82, 2.24) is 14.8 Å². The first kappa shape index (κ1) is 21.0. The van der Waals surface area contributed by atoms with Crippen LogP contribution in [0.1, 0.15) is 41.6 Å². The number of carbonyl (C=O) groups excluding carboxylic acids is 1. The summed E-state index contributed by atoms with van der Waals surface area (Å²) in [6.45, 7) is 2.09. The van der Waals surface area contributed by atoms with Crippen LogP contribution in [0.3, 0.4) is 0 Å². The number of hydrogen-bond acceptors (Lipinski definition) is 2. The summed E-state index contributed by atoms with van der Waals surface area (Å²) >= 11 is 0. The monoisotopic (exact) mass is 423 g/mol. The van der Waals surface area contributed by atoms with Crippen molar-refractivity contribution in [2.75, 3.05) is 7.05 Å². The average Bonchev–Trinajstić information content (AvgIpc) is 3.11. The normalized spacial score (nSPS) is 23.4. The van der Waals surface area contributed by atoms with E-state index in [0.717, 1.165) is 40.6 Å². The third kappa shape index (κ3) is 3.42. The van der Waals surface area contributed by atoms with E-state index >= 15 is 0 Å². The molecule has 2 aromatic carbocycles. The van der Waals surface area contributed by atoms with Gasteiger partial charge < -0.3 is 14.8 Å². The third-order valence-corrected chi connectivity index (χ3v) is 7.09. The summed E-state index contributed by atoms with van der Waals surface area (Å²) in [7, 11) is 4.30. The number of para-hydroxylation sites is 1. The molecule has 0 spiro atoms. The van der Waals surface area contributed by atoms with Crippen molar-refractivity contribution in [3.05, 3.63) is 59.7 Å². The van der Waals surface area contributed by atoms with Crippen molar-refractivity contribution >= 4 is 29.2 Å². The van der Waals surface area contributed by atoms with E-state index in [1.54, 1.807) is 0 Å². The van der Waals surface area contributed by atoms with Crippen LogP contribution in [-0.2, 0) is 7.05 Å². The van der Waals surface area contributed by atoms with E-state index in [2.05, 4.69) is 72.2 Å². The minimum Gasteiger partial charge on any atom is -0.349 e. The third-order valence-electron chi connectivity index (χ3n) is 7.09. The van der Waals surface area contributed by atoms with Gasteiger partial charge in [0.05, 0.1) is 11.3 Å². The lowest BCUT2D eigenvalue weighted by Gasteiger charge is -2.36. The maximum absolute atomic E-state index is 13.6. The zero-order valence-corrected chi connectivity index (χ0v) is 18.7. The topological polar surface area (TPSA) is 37.3 Å². The number of nitrogens with zero attached hydrogens (tertiary/aromatic N) is 2. The SMILES string of the molecule is Cc1ccc(-c2c(C(=O)N[C@H]3C[C@H]4CC[C@@H](C3)N4C)c3ccccc3n2C)cc1.Cl. The summed E-state index contributed by atoms with van der Waals surface area (Å²) in [4.78, 5) is 16.1. The first-order valence-corrected chi connectivity index (χ1v) is 10.7. The van der Waals surface area contributed by atoms with Crippen LogP contribution in [0.15, 0.2) is 48.5 Å². The molecule has 1 amide bonds. The fourth-order valence-electron chi connectivity index (χ4n) is 5.46. The fourth-order valence-corrected chi connectivity index (χ4v) is 5.46. The van der Waals surface area contributed by atoms with Gasteiger partial charge in [0.15, 0.2) is 0 Å². The number of benzene rings is 2. The van der Waals surface area contributed by atoms with Gasteiger partial charge in [0.2, 0.25) is 0 Å². The molecule has 5 heteroatoms. The van der Waals surface area contributed by atoms with Crippen molar-refractivity contribution < 1.29 is 4.79 Å². The lowest BCUT2D eigenvalue weighted by molar-refractivity contribution is 0.0884. The van der Waals surface area contributed by atoms with Gasteiger partial charge in [-0.05, 0) is 51.3 Å². The Kier molecular flexibility index (Phi) is 5.65. The van der Waals surface area contributed by atoms with Crippen molar-refractivity contribution in [3.63, 3.8) is 0 Å². The number of amides is 1. The maximum atomic E-state index is 13.6. The van der Waals surface area contributed by atoms with Crippen LogP contribution in [0, 0.1) is 6.92 Å². The number of fused-ring (bicyclic) bond motifs is 3. The van der Waals surface area contributed by atoms with Gasteiger partial charge in [-0.25, -0.2) is 0 Å². The lowest BCUT2D eigenvalue weighted by Crippen LogP contribution is -2.48. The number of rotatable bonds is 3. The average molecular weight is 424 g/mol. The number of halogens is 1. The second-order valence-electron chi connectivity index (χ2n) is 8.86. The molecule has 1 aromatic heterocycles. The van der Waals surface area contributed by atoms with Gasteiger partial charge in [-0.2, -0.15) is 0 Å². The maximum Gasteiger partial charge on any atom is 0.254 e. The highest BCUT2D eigenvalue weighted by molar-refractivity contribution is 6.12. The zero-order valence-electron chi connectivity index (χ0n) is 17.9. The Morgan fingerprint density at radius 2 is 1.60 bits per heavy atom. The molecule has 1 N–H and O–H groups in total. The Balaban J connectivity index is 0.00000218. The number of hydrogen-bond donors (Lipinski definition) is 1. The Labute approximate surface area is 184 Å². The van der Waals surface area contributed by atoms with Crippen LogP contribution in [0.4, 0.5) is 0 Å². The Morgan fingerprint density at radius 3 is 2.27 bits per heavy atom. The predicted molar refractivity (Wildman–Crippen MR) is 125 cm³/mol. The predicted octanol–water partition coefficient (Wildman–Crippen LogP) is 4.93. The van der Waals surface area contributed by atoms with E-state index in [0.29, 0.717) is 12.1 Å². The van der Waals surface area contributed by atoms with Crippen LogP contribution < -0.4 is 5.32 Å². The molecule has 0 unspecified atom stereocenters. The summed E-state index contributed by atoms with van der Waals surface area (Å²) < 4.78 is 2.16. The molecule has 2 saturated heterocycles. The highest BCUT2D eigenvalue weighted by Gasteiger charge is 2.39. The van der Waals surface area contributed by atoms with Crippen LogP contribution in [0.25, 0.3) is 22.2 Å². The number of piperidine rings is 1. The van der Waals surface area contributed by atoms with Crippen molar-refractivity contribution in [2.24, 2.45) is 7.05 Å². The second kappa shape index (κ2) is 8.09. The largest absolute Gasteiger partial charge is 0.349 e. The molecule has 2 aliphatic rings. The number of carbonyl (C=O) groups is 1. The molecule has 2 aliphatic heterocycles. The molecule has 4 nitrogen and oxygen atoms in total. The molecule has 3 heterocycles. The quantitative estimate of drug-likeness (QED) is 0.648. The van der Waals surface area contributed by atoms with Gasteiger partial charge in [-0.1, -0.05) is 48.0 Å². The lowest BCUT2D eigenvalue weighted by atomic mass is 9.97. The molecule has 2 fully saturated rings. The molecule has 158 valence electrons. The minimum absolute atomic E-state index is 0. The summed E-state index contributed by atoms with van der Waals surface area (Å²) in [5.74, 6) is 0.0614. The van der Waals surface area contributed by atoms with Crippen molar-refractivity contribution in [2.45, 2.75) is 50.7 Å². The number of nitrogens with one attached hydrogen (secondary N) is 1. The van der Waals surface area contributed by atoms with Gasteiger partial charge >= 0.3 is 0 Å². The summed E-state index contributed by atoms with van der Waals surface area (Å²) in [6.07, 6.45) is 4.64. The first-order chi connectivity index (χ1) is 14.0. The van der Waals surface area contributed by atoms with Gasteiger partial charge in [0, 0.05) is 36.1 Å². The molecule has 0 radical (unpaired) electrons. The highest BCUT2D eigenvalue weighted by Crippen LogP contribution is 2.36. The van der Waals surface area contributed by atoms with Gasteiger partial charge in [-0.15, -0.1) is 12.4 Å². The van der Waals surface area contributed by atoms with E-state index in [1.807, 2.05) is 12.1 Å². The first-order valence-electron chi connectivity index (χ1n) is 10.7. The minimum atomic E-state index is 0. The molecule has 5 rings (SSSR count). The van der Waals surface area contributed by atoms with E-state index in [4.69, 9.17) is 0 Å².